The zero-order valence-corrected chi connectivity index (χ0v) is 30.7. The SMILES string of the molecule is c1ccc(-c2ccc(N(c3ccc(-c4ccc(-c5cccc(-c6cccc(-c7ccccc7)c6)c5)cc4)cc3)c3ccc4c(c3)oc3ccccc34)cc2)cc1. The molecule has 0 aliphatic rings. The van der Waals surface area contributed by atoms with Gasteiger partial charge >= 0.3 is 0 Å². The Hall–Kier alpha value is -7.42. The average molecular weight is 716 g/mol. The number of rotatable bonds is 8. The Balaban J connectivity index is 0.949. The Morgan fingerprint density at radius 3 is 1.12 bits per heavy atom. The van der Waals surface area contributed by atoms with Crippen LogP contribution < -0.4 is 4.90 Å². The first-order valence-electron chi connectivity index (χ1n) is 19.1. The summed E-state index contributed by atoms with van der Waals surface area (Å²) in [5.41, 5.74) is 16.9. The summed E-state index contributed by atoms with van der Waals surface area (Å²) < 4.78 is 6.33. The third kappa shape index (κ3) is 6.44. The predicted octanol–water partition coefficient (Wildman–Crippen LogP) is 15.4. The number of anilines is 3. The zero-order chi connectivity index (χ0) is 37.3. The van der Waals surface area contributed by atoms with Gasteiger partial charge in [0.15, 0.2) is 0 Å². The fourth-order valence-corrected chi connectivity index (χ4v) is 7.78. The van der Waals surface area contributed by atoms with Crippen molar-refractivity contribution in [2.75, 3.05) is 4.90 Å². The molecule has 0 saturated carbocycles. The first-order valence-corrected chi connectivity index (χ1v) is 19.1. The van der Waals surface area contributed by atoms with E-state index in [9.17, 15) is 0 Å². The Morgan fingerprint density at radius 1 is 0.232 bits per heavy atom. The molecule has 0 fully saturated rings. The van der Waals surface area contributed by atoms with E-state index in [2.05, 4.69) is 217 Å². The molecule has 1 aromatic heterocycles. The summed E-state index contributed by atoms with van der Waals surface area (Å²) in [6.45, 7) is 0. The first kappa shape index (κ1) is 33.2. The van der Waals surface area contributed by atoms with Gasteiger partial charge in [0.25, 0.3) is 0 Å². The summed E-state index contributed by atoms with van der Waals surface area (Å²) in [5, 5.41) is 2.25. The van der Waals surface area contributed by atoms with Gasteiger partial charge in [0, 0.05) is 33.9 Å². The topological polar surface area (TPSA) is 16.4 Å². The molecule has 56 heavy (non-hydrogen) atoms. The van der Waals surface area contributed by atoms with E-state index in [0.29, 0.717) is 0 Å². The van der Waals surface area contributed by atoms with Crippen molar-refractivity contribution in [2.24, 2.45) is 0 Å². The predicted molar refractivity (Wildman–Crippen MR) is 236 cm³/mol. The third-order valence-corrected chi connectivity index (χ3v) is 10.7. The van der Waals surface area contributed by atoms with Gasteiger partial charge in [0.1, 0.15) is 11.2 Å². The number of benzene rings is 9. The Kier molecular flexibility index (Phi) is 8.55. The fraction of sp³-hybridized carbons (Fsp3) is 0. The van der Waals surface area contributed by atoms with Crippen LogP contribution in [0.25, 0.3) is 77.6 Å². The van der Waals surface area contributed by atoms with E-state index in [0.717, 1.165) is 39.0 Å². The Morgan fingerprint density at radius 2 is 0.589 bits per heavy atom. The van der Waals surface area contributed by atoms with Crippen LogP contribution in [0.2, 0.25) is 0 Å². The van der Waals surface area contributed by atoms with Gasteiger partial charge in [-0.3, -0.25) is 0 Å². The highest BCUT2D eigenvalue weighted by molar-refractivity contribution is 6.06. The third-order valence-electron chi connectivity index (χ3n) is 10.7. The highest BCUT2D eigenvalue weighted by Crippen LogP contribution is 2.40. The van der Waals surface area contributed by atoms with Crippen molar-refractivity contribution >= 4 is 39.0 Å². The molecule has 264 valence electrons. The lowest BCUT2D eigenvalue weighted by Crippen LogP contribution is -2.09. The Labute approximate surface area is 327 Å². The second kappa shape index (κ2) is 14.4. The van der Waals surface area contributed by atoms with Gasteiger partial charge in [-0.25, -0.2) is 0 Å². The number of para-hydroxylation sites is 1. The number of furan rings is 1. The zero-order valence-electron chi connectivity index (χ0n) is 30.7. The molecule has 0 saturated heterocycles. The van der Waals surface area contributed by atoms with Crippen LogP contribution in [0.1, 0.15) is 0 Å². The largest absolute Gasteiger partial charge is 0.456 e. The van der Waals surface area contributed by atoms with Crippen LogP contribution in [0, 0.1) is 0 Å². The smallest absolute Gasteiger partial charge is 0.137 e. The van der Waals surface area contributed by atoms with Crippen LogP contribution in [0.15, 0.2) is 229 Å². The molecule has 10 rings (SSSR count). The van der Waals surface area contributed by atoms with Crippen molar-refractivity contribution in [2.45, 2.75) is 0 Å². The van der Waals surface area contributed by atoms with E-state index >= 15 is 0 Å². The van der Waals surface area contributed by atoms with E-state index in [1.54, 1.807) is 0 Å². The maximum atomic E-state index is 6.33. The molecular formula is C54H37NO. The average Bonchev–Trinajstić information content (AvgIpc) is 3.66. The van der Waals surface area contributed by atoms with Crippen LogP contribution >= 0.6 is 0 Å². The molecule has 10 aromatic rings. The standard InChI is InChI=1S/C54H37NO/c1-3-11-38(12-4-1)41-25-29-48(30-26-41)55(50-33-34-52-51-19-7-8-20-53(51)56-54(52)37-50)49-31-27-42(28-32-49)40-21-23-43(24-22-40)45-16-10-18-47(36-45)46-17-9-15-44(35-46)39-13-5-2-6-14-39/h1-37H. The molecule has 2 nitrogen and oxygen atoms in total. The van der Waals surface area contributed by atoms with E-state index in [1.165, 1.54) is 55.6 Å². The Bertz CT molecular complexity index is 2930. The van der Waals surface area contributed by atoms with Gasteiger partial charge in [-0.1, -0.05) is 164 Å². The normalized spacial score (nSPS) is 11.2. The van der Waals surface area contributed by atoms with Gasteiger partial charge in [-0.05, 0) is 110 Å². The number of hydrogen-bond acceptors (Lipinski definition) is 2. The van der Waals surface area contributed by atoms with Crippen LogP contribution in [-0.2, 0) is 0 Å². The highest BCUT2D eigenvalue weighted by Gasteiger charge is 2.16. The number of nitrogens with zero attached hydrogens (tertiary/aromatic N) is 1. The first-order chi connectivity index (χ1) is 27.7. The molecule has 9 aromatic carbocycles. The highest BCUT2D eigenvalue weighted by atomic mass is 16.3. The molecule has 0 atom stereocenters. The summed E-state index contributed by atoms with van der Waals surface area (Å²) in [7, 11) is 0. The van der Waals surface area contributed by atoms with Crippen LogP contribution in [0.4, 0.5) is 17.1 Å². The second-order valence-electron chi connectivity index (χ2n) is 14.2. The van der Waals surface area contributed by atoms with Crippen LogP contribution in [0.3, 0.4) is 0 Å². The van der Waals surface area contributed by atoms with Crippen molar-refractivity contribution in [1.29, 1.82) is 0 Å². The molecular weight excluding hydrogens is 679 g/mol. The van der Waals surface area contributed by atoms with E-state index in [4.69, 9.17) is 4.42 Å². The van der Waals surface area contributed by atoms with E-state index in [1.807, 2.05) is 12.1 Å². The van der Waals surface area contributed by atoms with Crippen LogP contribution in [-0.4, -0.2) is 0 Å². The van der Waals surface area contributed by atoms with Gasteiger partial charge in [0.05, 0.1) is 0 Å². The second-order valence-corrected chi connectivity index (χ2v) is 14.2. The quantitative estimate of drug-likeness (QED) is 0.156. The van der Waals surface area contributed by atoms with Gasteiger partial charge in [-0.2, -0.15) is 0 Å². The molecule has 0 radical (unpaired) electrons. The number of hydrogen-bond donors (Lipinski definition) is 0. The molecule has 0 aliphatic carbocycles. The molecule has 1 heterocycles. The molecule has 2 heteroatoms. The van der Waals surface area contributed by atoms with Crippen molar-refractivity contribution in [3.8, 4) is 55.6 Å². The maximum absolute atomic E-state index is 6.33. The molecule has 0 spiro atoms. The summed E-state index contributed by atoms with van der Waals surface area (Å²) in [4.78, 5) is 2.30. The maximum Gasteiger partial charge on any atom is 0.137 e. The van der Waals surface area contributed by atoms with E-state index < -0.39 is 0 Å². The summed E-state index contributed by atoms with van der Waals surface area (Å²) >= 11 is 0. The minimum atomic E-state index is 0.873. The van der Waals surface area contributed by atoms with Crippen molar-refractivity contribution in [3.63, 3.8) is 0 Å². The van der Waals surface area contributed by atoms with Gasteiger partial charge in [-0.15, -0.1) is 0 Å². The van der Waals surface area contributed by atoms with E-state index in [-0.39, 0.29) is 0 Å². The molecule has 0 N–H and O–H groups in total. The minimum absolute atomic E-state index is 0.873. The lowest BCUT2D eigenvalue weighted by Gasteiger charge is -2.26. The summed E-state index contributed by atoms with van der Waals surface area (Å²) in [5.74, 6) is 0. The lowest BCUT2D eigenvalue weighted by atomic mass is 9.95. The molecule has 0 aliphatic heterocycles. The van der Waals surface area contributed by atoms with Gasteiger partial charge < -0.3 is 9.32 Å². The molecule has 0 unspecified atom stereocenters. The lowest BCUT2D eigenvalue weighted by molar-refractivity contribution is 0.669. The fourth-order valence-electron chi connectivity index (χ4n) is 7.78. The van der Waals surface area contributed by atoms with Crippen LogP contribution in [0.5, 0.6) is 0 Å². The minimum Gasteiger partial charge on any atom is -0.456 e. The molecule has 0 amide bonds. The number of fused-ring (bicyclic) bond motifs is 3. The van der Waals surface area contributed by atoms with Crippen molar-refractivity contribution in [3.05, 3.63) is 224 Å². The summed E-state index contributed by atoms with van der Waals surface area (Å²) in [6, 6.07) is 80.0. The monoisotopic (exact) mass is 715 g/mol. The van der Waals surface area contributed by atoms with Crippen molar-refractivity contribution < 1.29 is 4.42 Å². The summed E-state index contributed by atoms with van der Waals surface area (Å²) in [6.07, 6.45) is 0. The molecule has 0 bridgehead atoms. The van der Waals surface area contributed by atoms with Gasteiger partial charge in [0.2, 0.25) is 0 Å². The van der Waals surface area contributed by atoms with Crippen molar-refractivity contribution in [1.82, 2.24) is 0 Å².